The number of hydrogen-bond donors (Lipinski definition) is 3. The Balaban J connectivity index is 0.00000378. The number of likely N-dealkylation sites (tertiary alicyclic amines) is 1. The molecule has 0 bridgehead atoms. The summed E-state index contributed by atoms with van der Waals surface area (Å²) in [5, 5.41) is 8.89. The van der Waals surface area contributed by atoms with Crippen LogP contribution in [0.1, 0.15) is 84.8 Å². The Morgan fingerprint density at radius 3 is 2.19 bits per heavy atom. The van der Waals surface area contributed by atoms with Crippen molar-refractivity contribution in [1.29, 1.82) is 0 Å². The van der Waals surface area contributed by atoms with E-state index in [2.05, 4.69) is 16.0 Å². The zero-order chi connectivity index (χ0) is 36.4. The lowest BCUT2D eigenvalue weighted by Crippen LogP contribution is -2.54. The highest BCUT2D eigenvalue weighted by atomic mass is 32.1. The topological polar surface area (TPSA) is 143 Å². The first kappa shape index (κ1) is 42.9. The van der Waals surface area contributed by atoms with E-state index in [-0.39, 0.29) is 56.7 Å². The van der Waals surface area contributed by atoms with Gasteiger partial charge in [0.15, 0.2) is 0 Å². The van der Waals surface area contributed by atoms with E-state index >= 15 is 0 Å². The van der Waals surface area contributed by atoms with E-state index in [1.54, 1.807) is 18.2 Å². The van der Waals surface area contributed by atoms with Gasteiger partial charge < -0.3 is 30.3 Å². The molecule has 13 heteroatoms. The van der Waals surface area contributed by atoms with Crippen LogP contribution >= 0.6 is 27.0 Å². The molecule has 3 aromatic rings. The lowest BCUT2D eigenvalue weighted by molar-refractivity contribution is -0.146. The number of ether oxygens (including phenoxy) is 2. The van der Waals surface area contributed by atoms with Crippen LogP contribution in [0.25, 0.3) is 0 Å². The molecular weight excluding hydrogens is 713 g/mol. The summed E-state index contributed by atoms with van der Waals surface area (Å²) in [4.78, 5) is 67.9. The lowest BCUT2D eigenvalue weighted by atomic mass is 9.62. The van der Waals surface area contributed by atoms with E-state index < -0.39 is 23.3 Å². The van der Waals surface area contributed by atoms with Crippen LogP contribution in [0.15, 0.2) is 78.9 Å². The number of fused-ring (bicyclic) bond motifs is 1. The van der Waals surface area contributed by atoms with Crippen LogP contribution in [0.3, 0.4) is 0 Å². The van der Waals surface area contributed by atoms with E-state index in [4.69, 9.17) is 9.47 Å². The first-order valence-corrected chi connectivity index (χ1v) is 17.7. The van der Waals surface area contributed by atoms with Gasteiger partial charge >= 0.3 is 5.97 Å². The summed E-state index contributed by atoms with van der Waals surface area (Å²) >= 11 is 0. The van der Waals surface area contributed by atoms with Gasteiger partial charge in [0.1, 0.15) is 11.8 Å². The van der Waals surface area contributed by atoms with Crippen molar-refractivity contribution in [3.05, 3.63) is 101 Å². The standard InChI is InChI=1S/C40H48N4O7.2H2S/c1-27(45)41-24-12-11-18-34(38(48)51-3)43-39(49)40(28-13-5-4-6-14-28)23-20-31(30-15-7-9-17-33(30)40)37(47)44-25-21-29(22-26-44)42-36(46)32-16-8-10-19-35(32)50-2;;/h4-10,13-17,19,29,31,34H,11-12,18,20-26H2,1-3H3,(H,41,45)(H,42,46)(H,43,49);2*1H2/t31-,34-,40+;;/m0../s1. The van der Waals surface area contributed by atoms with E-state index in [9.17, 15) is 24.0 Å². The molecule has 5 rings (SSSR count). The van der Waals surface area contributed by atoms with Gasteiger partial charge in [0.05, 0.1) is 31.1 Å². The third-order valence-electron chi connectivity index (χ3n) is 10.1. The monoisotopic (exact) mass is 764 g/mol. The molecule has 286 valence electrons. The number of unbranched alkanes of at least 4 members (excludes halogenated alkanes) is 1. The zero-order valence-electron chi connectivity index (χ0n) is 30.6. The molecule has 53 heavy (non-hydrogen) atoms. The summed E-state index contributed by atoms with van der Waals surface area (Å²) in [6, 6.07) is 23.3. The van der Waals surface area contributed by atoms with Crippen molar-refractivity contribution in [3.63, 3.8) is 0 Å². The maximum atomic E-state index is 14.6. The fourth-order valence-electron chi connectivity index (χ4n) is 7.46. The molecule has 1 aliphatic carbocycles. The Morgan fingerprint density at radius 2 is 1.51 bits per heavy atom. The van der Waals surface area contributed by atoms with Crippen molar-refractivity contribution in [1.82, 2.24) is 20.9 Å². The zero-order valence-corrected chi connectivity index (χ0v) is 32.6. The summed E-state index contributed by atoms with van der Waals surface area (Å²) in [5.41, 5.74) is 1.65. The Labute approximate surface area is 325 Å². The number of amides is 4. The summed E-state index contributed by atoms with van der Waals surface area (Å²) in [5.74, 6) is -1.11. The van der Waals surface area contributed by atoms with Gasteiger partial charge in [0.25, 0.3) is 5.91 Å². The Kier molecular flexibility index (Phi) is 16.3. The smallest absolute Gasteiger partial charge is 0.328 e. The van der Waals surface area contributed by atoms with Crippen molar-refractivity contribution in [2.75, 3.05) is 33.9 Å². The average molecular weight is 765 g/mol. The number of esters is 1. The maximum absolute atomic E-state index is 14.6. The van der Waals surface area contributed by atoms with Crippen molar-refractivity contribution in [3.8, 4) is 5.75 Å². The van der Waals surface area contributed by atoms with Crippen LogP contribution in [0, 0.1) is 0 Å². The largest absolute Gasteiger partial charge is 0.496 e. The molecule has 1 heterocycles. The van der Waals surface area contributed by atoms with Crippen LogP contribution in [0.2, 0.25) is 0 Å². The van der Waals surface area contributed by atoms with E-state index in [1.807, 2.05) is 65.6 Å². The molecule has 0 aromatic heterocycles. The molecular formula is C40H52N4O7S2. The molecule has 3 atom stereocenters. The number of hydrogen-bond acceptors (Lipinski definition) is 7. The molecule has 0 spiro atoms. The molecule has 11 nitrogen and oxygen atoms in total. The van der Waals surface area contributed by atoms with Gasteiger partial charge in [-0.1, -0.05) is 66.7 Å². The number of nitrogens with zero attached hydrogens (tertiary/aromatic N) is 1. The third kappa shape index (κ3) is 9.94. The number of carbonyl (C=O) groups is 5. The molecule has 4 amide bonds. The van der Waals surface area contributed by atoms with E-state index in [1.165, 1.54) is 21.1 Å². The second kappa shape index (κ2) is 20.1. The Bertz CT molecular complexity index is 1720. The average Bonchev–Trinajstić information content (AvgIpc) is 3.16. The van der Waals surface area contributed by atoms with Crippen LogP contribution in [-0.4, -0.2) is 80.4 Å². The number of benzene rings is 3. The molecule has 3 aromatic carbocycles. The highest BCUT2D eigenvalue weighted by Gasteiger charge is 2.49. The van der Waals surface area contributed by atoms with Crippen LogP contribution in [-0.2, 0) is 29.3 Å². The van der Waals surface area contributed by atoms with E-state index in [0.29, 0.717) is 75.9 Å². The minimum atomic E-state index is -1.15. The number of nitrogens with one attached hydrogen (secondary N) is 3. The van der Waals surface area contributed by atoms with Gasteiger partial charge in [0.2, 0.25) is 17.7 Å². The van der Waals surface area contributed by atoms with Gasteiger partial charge in [-0.25, -0.2) is 4.79 Å². The second-order valence-corrected chi connectivity index (χ2v) is 13.3. The highest BCUT2D eigenvalue weighted by molar-refractivity contribution is 7.59. The number of carbonyl (C=O) groups excluding carboxylic acids is 5. The van der Waals surface area contributed by atoms with Crippen molar-refractivity contribution >= 4 is 56.6 Å². The Hall–Kier alpha value is -4.49. The number of piperidine rings is 1. The minimum Gasteiger partial charge on any atom is -0.496 e. The van der Waals surface area contributed by atoms with Crippen LogP contribution in [0.5, 0.6) is 5.75 Å². The molecule has 0 unspecified atom stereocenters. The van der Waals surface area contributed by atoms with Gasteiger partial charge in [0, 0.05) is 32.6 Å². The first-order valence-electron chi connectivity index (χ1n) is 17.7. The maximum Gasteiger partial charge on any atom is 0.328 e. The summed E-state index contributed by atoms with van der Waals surface area (Å²) in [7, 11) is 2.84. The van der Waals surface area contributed by atoms with Gasteiger partial charge in [-0.15, -0.1) is 0 Å². The second-order valence-electron chi connectivity index (χ2n) is 13.3. The van der Waals surface area contributed by atoms with Crippen molar-refractivity contribution in [2.24, 2.45) is 0 Å². The number of para-hydroxylation sites is 1. The highest BCUT2D eigenvalue weighted by Crippen LogP contribution is 2.48. The molecule has 0 radical (unpaired) electrons. The van der Waals surface area contributed by atoms with Crippen LogP contribution < -0.4 is 20.7 Å². The minimum absolute atomic E-state index is 0. The molecule has 1 aliphatic heterocycles. The van der Waals surface area contributed by atoms with Gasteiger partial charge in [-0.2, -0.15) is 27.0 Å². The van der Waals surface area contributed by atoms with E-state index in [0.717, 1.165) is 16.7 Å². The fraction of sp³-hybridized carbons (Fsp3) is 0.425. The predicted molar refractivity (Wildman–Crippen MR) is 213 cm³/mol. The number of rotatable bonds is 13. The fourth-order valence-corrected chi connectivity index (χ4v) is 7.46. The Morgan fingerprint density at radius 1 is 0.849 bits per heavy atom. The van der Waals surface area contributed by atoms with Crippen molar-refractivity contribution in [2.45, 2.75) is 75.3 Å². The predicted octanol–water partition coefficient (Wildman–Crippen LogP) is 4.47. The molecule has 2 aliphatic rings. The third-order valence-corrected chi connectivity index (χ3v) is 10.1. The van der Waals surface area contributed by atoms with Gasteiger partial charge in [-0.05, 0) is 73.8 Å². The van der Waals surface area contributed by atoms with Crippen LogP contribution in [0.4, 0.5) is 0 Å². The normalized spacial score (nSPS) is 18.5. The molecule has 1 saturated heterocycles. The molecule has 0 saturated carbocycles. The molecule has 3 N–H and O–H groups in total. The lowest BCUT2D eigenvalue weighted by Gasteiger charge is -2.43. The van der Waals surface area contributed by atoms with Gasteiger partial charge in [-0.3, -0.25) is 19.2 Å². The van der Waals surface area contributed by atoms with Crippen molar-refractivity contribution < 1.29 is 33.4 Å². The summed E-state index contributed by atoms with van der Waals surface area (Å²) in [6.45, 7) is 2.93. The first-order chi connectivity index (χ1) is 24.7. The molecule has 1 fully saturated rings. The number of methoxy groups -OCH3 is 2. The summed E-state index contributed by atoms with van der Waals surface area (Å²) < 4.78 is 10.4. The quantitative estimate of drug-likeness (QED) is 0.172. The summed E-state index contributed by atoms with van der Waals surface area (Å²) in [6.07, 6.45) is 3.62. The SMILES string of the molecule is COC(=O)[C@H](CCCCNC(C)=O)NC(=O)[C@@]1(c2ccccc2)CC[C@H](C(=O)N2CCC(NC(=O)c3ccccc3OC)CC2)c2ccccc21.S.S.